The van der Waals surface area contributed by atoms with Gasteiger partial charge in [0.25, 0.3) is 5.91 Å². The number of ether oxygens (including phenoxy) is 2. The lowest BCUT2D eigenvalue weighted by atomic mass is 10.2. The predicted octanol–water partition coefficient (Wildman–Crippen LogP) is 5.38. The highest BCUT2D eigenvalue weighted by Crippen LogP contribution is 2.29. The van der Waals surface area contributed by atoms with Crippen LogP contribution in [-0.2, 0) is 16.6 Å². The van der Waals surface area contributed by atoms with Gasteiger partial charge in [-0.05, 0) is 55.3 Å². The standard InChI is InChI=1S/C24H22BrN5O3/c1-30-20-9-8-17(13-19(20)28-24(30)27-16-6-4-15(25)5-7-16)33-18-10-11-26-22(14-18)29-23(31)21-3-2-12-32-21/h4-11,13-14,21H,2-3,12H2,1H3,(H,27,28)(H,26,29,31). The van der Waals surface area contributed by atoms with Gasteiger partial charge < -0.3 is 24.7 Å². The number of hydrogen-bond acceptors (Lipinski definition) is 6. The summed E-state index contributed by atoms with van der Waals surface area (Å²) in [6.07, 6.45) is 2.80. The van der Waals surface area contributed by atoms with Gasteiger partial charge in [-0.15, -0.1) is 0 Å². The Morgan fingerprint density at radius 2 is 1.97 bits per heavy atom. The molecule has 9 heteroatoms. The molecule has 0 radical (unpaired) electrons. The number of nitrogens with one attached hydrogen (secondary N) is 2. The molecule has 33 heavy (non-hydrogen) atoms. The molecule has 168 valence electrons. The zero-order chi connectivity index (χ0) is 22.8. The van der Waals surface area contributed by atoms with Gasteiger partial charge in [-0.3, -0.25) is 4.79 Å². The van der Waals surface area contributed by atoms with E-state index >= 15 is 0 Å². The lowest BCUT2D eigenvalue weighted by Crippen LogP contribution is -2.27. The Bertz CT molecular complexity index is 1300. The van der Waals surface area contributed by atoms with E-state index in [1.54, 1.807) is 18.3 Å². The Balaban J connectivity index is 1.32. The molecule has 2 aromatic carbocycles. The maximum Gasteiger partial charge on any atom is 0.254 e. The van der Waals surface area contributed by atoms with Crippen molar-refractivity contribution in [1.29, 1.82) is 0 Å². The number of pyridine rings is 1. The number of benzene rings is 2. The number of carbonyl (C=O) groups excluding carboxylic acids is 1. The number of aromatic nitrogens is 3. The number of fused-ring (bicyclic) bond motifs is 1. The summed E-state index contributed by atoms with van der Waals surface area (Å²) in [5.41, 5.74) is 2.72. The second-order valence-electron chi connectivity index (χ2n) is 7.75. The van der Waals surface area contributed by atoms with E-state index in [0.717, 1.165) is 40.0 Å². The first-order chi connectivity index (χ1) is 16.0. The number of aryl methyl sites for hydroxylation is 1. The quantitative estimate of drug-likeness (QED) is 0.363. The highest BCUT2D eigenvalue weighted by Gasteiger charge is 2.23. The van der Waals surface area contributed by atoms with Crippen LogP contribution >= 0.6 is 15.9 Å². The number of halogens is 1. The number of rotatable bonds is 6. The lowest BCUT2D eigenvalue weighted by Gasteiger charge is -2.11. The molecule has 8 nitrogen and oxygen atoms in total. The molecule has 0 aliphatic carbocycles. The van der Waals surface area contributed by atoms with E-state index in [1.807, 2.05) is 54.1 Å². The number of nitrogens with zero attached hydrogens (tertiary/aromatic N) is 3. The second kappa shape index (κ2) is 9.21. The van der Waals surface area contributed by atoms with Crippen molar-refractivity contribution < 1.29 is 14.3 Å². The van der Waals surface area contributed by atoms with E-state index in [9.17, 15) is 4.79 Å². The molecular formula is C24H22BrN5O3. The molecule has 1 amide bonds. The van der Waals surface area contributed by atoms with E-state index in [2.05, 4.69) is 31.5 Å². The van der Waals surface area contributed by atoms with Crippen molar-refractivity contribution in [2.45, 2.75) is 18.9 Å². The number of anilines is 3. The molecule has 0 saturated carbocycles. The van der Waals surface area contributed by atoms with Crippen LogP contribution in [-0.4, -0.2) is 33.2 Å². The summed E-state index contributed by atoms with van der Waals surface area (Å²) in [7, 11) is 1.96. The lowest BCUT2D eigenvalue weighted by molar-refractivity contribution is -0.124. The maximum absolute atomic E-state index is 12.3. The van der Waals surface area contributed by atoms with Crippen molar-refractivity contribution in [3.8, 4) is 11.5 Å². The smallest absolute Gasteiger partial charge is 0.254 e. The van der Waals surface area contributed by atoms with Gasteiger partial charge in [-0.2, -0.15) is 0 Å². The third kappa shape index (κ3) is 4.84. The average molecular weight is 508 g/mol. The SMILES string of the molecule is Cn1c(Nc2ccc(Br)cc2)nc2cc(Oc3ccnc(NC(=O)C4CCCO4)c3)ccc21. The summed E-state index contributed by atoms with van der Waals surface area (Å²) in [5.74, 6) is 2.17. The molecule has 1 aliphatic rings. The van der Waals surface area contributed by atoms with Gasteiger partial charge in [-0.1, -0.05) is 15.9 Å². The molecule has 1 aliphatic heterocycles. The molecule has 1 unspecified atom stereocenters. The molecular weight excluding hydrogens is 486 g/mol. The Hall–Kier alpha value is -3.43. The van der Waals surface area contributed by atoms with Crippen molar-refractivity contribution in [3.05, 3.63) is 65.3 Å². The van der Waals surface area contributed by atoms with Gasteiger partial charge in [0.05, 0.1) is 11.0 Å². The first-order valence-electron chi connectivity index (χ1n) is 10.6. The van der Waals surface area contributed by atoms with E-state index in [-0.39, 0.29) is 5.91 Å². The Kier molecular flexibility index (Phi) is 5.97. The summed E-state index contributed by atoms with van der Waals surface area (Å²) in [6.45, 7) is 0.616. The molecule has 0 spiro atoms. The summed E-state index contributed by atoms with van der Waals surface area (Å²) in [4.78, 5) is 21.2. The summed E-state index contributed by atoms with van der Waals surface area (Å²) >= 11 is 3.45. The highest BCUT2D eigenvalue weighted by molar-refractivity contribution is 9.10. The van der Waals surface area contributed by atoms with Crippen LogP contribution in [0.1, 0.15) is 12.8 Å². The van der Waals surface area contributed by atoms with E-state index in [1.165, 1.54) is 0 Å². The molecule has 1 saturated heterocycles. The molecule has 4 aromatic rings. The molecule has 3 heterocycles. The number of imidazole rings is 1. The Morgan fingerprint density at radius 3 is 2.76 bits per heavy atom. The zero-order valence-electron chi connectivity index (χ0n) is 17.9. The minimum atomic E-state index is -0.414. The number of carbonyl (C=O) groups is 1. The molecule has 5 rings (SSSR count). The summed E-state index contributed by atoms with van der Waals surface area (Å²) in [5, 5.41) is 6.13. The van der Waals surface area contributed by atoms with Crippen molar-refractivity contribution in [2.75, 3.05) is 17.2 Å². The van der Waals surface area contributed by atoms with Gasteiger partial charge >= 0.3 is 0 Å². The monoisotopic (exact) mass is 507 g/mol. The van der Waals surface area contributed by atoms with Gasteiger partial charge in [0.1, 0.15) is 23.4 Å². The summed E-state index contributed by atoms with van der Waals surface area (Å²) in [6, 6.07) is 17.1. The van der Waals surface area contributed by atoms with E-state index in [4.69, 9.17) is 14.5 Å². The fourth-order valence-corrected chi connectivity index (χ4v) is 3.95. The maximum atomic E-state index is 12.3. The first kappa shape index (κ1) is 21.4. The van der Waals surface area contributed by atoms with Crippen LogP contribution < -0.4 is 15.4 Å². The molecule has 0 bridgehead atoms. The Labute approximate surface area is 199 Å². The normalized spacial score (nSPS) is 15.5. The van der Waals surface area contributed by atoms with Crippen molar-refractivity contribution in [1.82, 2.24) is 14.5 Å². The van der Waals surface area contributed by atoms with E-state index in [0.29, 0.717) is 23.9 Å². The van der Waals surface area contributed by atoms with Crippen molar-refractivity contribution in [2.24, 2.45) is 7.05 Å². The molecule has 2 N–H and O–H groups in total. The predicted molar refractivity (Wildman–Crippen MR) is 130 cm³/mol. The third-order valence-corrected chi connectivity index (χ3v) is 5.92. The third-order valence-electron chi connectivity index (χ3n) is 5.39. The van der Waals surface area contributed by atoms with Crippen LogP contribution in [0.25, 0.3) is 11.0 Å². The molecule has 2 aromatic heterocycles. The van der Waals surface area contributed by atoms with Gasteiger partial charge in [0.15, 0.2) is 0 Å². The highest BCUT2D eigenvalue weighted by atomic mass is 79.9. The first-order valence-corrected chi connectivity index (χ1v) is 11.4. The molecule has 1 atom stereocenters. The van der Waals surface area contributed by atoms with Gasteiger partial charge in [0, 0.05) is 42.1 Å². The second-order valence-corrected chi connectivity index (χ2v) is 8.66. The minimum absolute atomic E-state index is 0.183. The largest absolute Gasteiger partial charge is 0.457 e. The Morgan fingerprint density at radius 1 is 1.15 bits per heavy atom. The van der Waals surface area contributed by atoms with Gasteiger partial charge in [0.2, 0.25) is 5.95 Å². The number of hydrogen-bond donors (Lipinski definition) is 2. The van der Waals surface area contributed by atoms with Crippen LogP contribution in [0, 0.1) is 0 Å². The molecule has 1 fully saturated rings. The fraction of sp³-hybridized carbons (Fsp3) is 0.208. The average Bonchev–Trinajstić information content (AvgIpc) is 3.45. The fourth-order valence-electron chi connectivity index (χ4n) is 3.69. The summed E-state index contributed by atoms with van der Waals surface area (Å²) < 4.78 is 14.4. The van der Waals surface area contributed by atoms with E-state index < -0.39 is 6.10 Å². The van der Waals surface area contributed by atoms with Crippen LogP contribution in [0.2, 0.25) is 0 Å². The number of amides is 1. The van der Waals surface area contributed by atoms with Gasteiger partial charge in [-0.25, -0.2) is 9.97 Å². The van der Waals surface area contributed by atoms with Crippen LogP contribution in [0.3, 0.4) is 0 Å². The van der Waals surface area contributed by atoms with Crippen molar-refractivity contribution >= 4 is 50.3 Å². The van der Waals surface area contributed by atoms with Crippen molar-refractivity contribution in [3.63, 3.8) is 0 Å². The zero-order valence-corrected chi connectivity index (χ0v) is 19.5. The topological polar surface area (TPSA) is 90.3 Å². The van der Waals surface area contributed by atoms with Crippen LogP contribution in [0.5, 0.6) is 11.5 Å². The van der Waals surface area contributed by atoms with Crippen LogP contribution in [0.15, 0.2) is 65.3 Å². The minimum Gasteiger partial charge on any atom is -0.457 e. The van der Waals surface area contributed by atoms with Crippen LogP contribution in [0.4, 0.5) is 17.5 Å².